The van der Waals surface area contributed by atoms with Crippen molar-refractivity contribution < 1.29 is 19.1 Å². The molecule has 0 bridgehead atoms. The molecular weight excluding hydrogens is 256 g/mol. The molecule has 3 rings (SSSR count). The average Bonchev–Trinajstić information content (AvgIpc) is 2.89. The fourth-order valence-electron chi connectivity index (χ4n) is 2.59. The number of ether oxygens (including phenoxy) is 2. The fraction of sp³-hybridized carbons (Fsp3) is 0.250. The predicted molar refractivity (Wildman–Crippen MR) is 73.0 cm³/mol. The van der Waals surface area contributed by atoms with Gasteiger partial charge in [0.25, 0.3) is 0 Å². The highest BCUT2D eigenvalue weighted by molar-refractivity contribution is 6.27. The molecule has 102 valence electrons. The van der Waals surface area contributed by atoms with E-state index in [1.807, 2.05) is 6.92 Å². The Kier molecular flexibility index (Phi) is 2.74. The van der Waals surface area contributed by atoms with E-state index in [9.17, 15) is 9.59 Å². The highest BCUT2D eigenvalue weighted by atomic mass is 16.5. The first kappa shape index (κ1) is 12.7. The van der Waals surface area contributed by atoms with Gasteiger partial charge >= 0.3 is 0 Å². The maximum Gasteiger partial charge on any atom is 0.228 e. The molecule has 1 atom stereocenters. The van der Waals surface area contributed by atoms with E-state index in [2.05, 4.69) is 6.58 Å². The van der Waals surface area contributed by atoms with Crippen molar-refractivity contribution in [2.24, 2.45) is 0 Å². The Balaban J connectivity index is 2.12. The first-order valence-corrected chi connectivity index (χ1v) is 6.36. The molecule has 0 fully saturated rings. The van der Waals surface area contributed by atoms with Crippen LogP contribution in [0.4, 0.5) is 0 Å². The van der Waals surface area contributed by atoms with Gasteiger partial charge in [-0.05, 0) is 24.6 Å². The Morgan fingerprint density at radius 2 is 2.10 bits per heavy atom. The molecule has 1 heterocycles. The van der Waals surface area contributed by atoms with Gasteiger partial charge in [0.1, 0.15) is 11.9 Å². The number of hydrogen-bond acceptors (Lipinski definition) is 4. The van der Waals surface area contributed by atoms with E-state index in [1.165, 1.54) is 7.11 Å². The van der Waals surface area contributed by atoms with Gasteiger partial charge in [-0.1, -0.05) is 12.6 Å². The second-order valence-electron chi connectivity index (χ2n) is 5.01. The lowest BCUT2D eigenvalue weighted by Crippen LogP contribution is -2.20. The van der Waals surface area contributed by atoms with E-state index >= 15 is 0 Å². The first-order chi connectivity index (χ1) is 9.54. The van der Waals surface area contributed by atoms with Crippen LogP contribution in [0.25, 0.3) is 0 Å². The SMILES string of the molecule is C=C(C)[C@H]1CC2=C(O1)C(=O)c1cccc(OC)c1C2=O. The molecule has 1 aromatic carbocycles. The zero-order valence-electron chi connectivity index (χ0n) is 11.4. The zero-order valence-corrected chi connectivity index (χ0v) is 11.4. The molecule has 0 saturated carbocycles. The van der Waals surface area contributed by atoms with Gasteiger partial charge in [0.05, 0.1) is 18.2 Å². The Hall–Kier alpha value is -2.36. The highest BCUT2D eigenvalue weighted by Crippen LogP contribution is 2.40. The summed E-state index contributed by atoms with van der Waals surface area (Å²) in [6.07, 6.45) is 0.0976. The van der Waals surface area contributed by atoms with Crippen molar-refractivity contribution in [1.29, 1.82) is 0 Å². The normalized spacial score (nSPS) is 20.4. The Morgan fingerprint density at radius 1 is 1.35 bits per heavy atom. The second-order valence-corrected chi connectivity index (χ2v) is 5.01. The van der Waals surface area contributed by atoms with Crippen molar-refractivity contribution in [1.82, 2.24) is 0 Å². The van der Waals surface area contributed by atoms with Gasteiger partial charge < -0.3 is 9.47 Å². The van der Waals surface area contributed by atoms with E-state index in [1.54, 1.807) is 18.2 Å². The molecule has 4 nitrogen and oxygen atoms in total. The van der Waals surface area contributed by atoms with Crippen LogP contribution < -0.4 is 4.74 Å². The number of Topliss-reactive ketones (excluding diaryl/α,β-unsaturated/α-hetero) is 2. The largest absolute Gasteiger partial charge is 0.496 e. The number of benzene rings is 1. The number of carbonyl (C=O) groups excluding carboxylic acids is 2. The van der Waals surface area contributed by atoms with Crippen LogP contribution in [0.1, 0.15) is 34.1 Å². The summed E-state index contributed by atoms with van der Waals surface area (Å²) in [5.41, 5.74) is 1.91. The number of allylic oxidation sites excluding steroid dienone is 1. The zero-order chi connectivity index (χ0) is 14.4. The number of carbonyl (C=O) groups is 2. The molecule has 1 aliphatic carbocycles. The van der Waals surface area contributed by atoms with E-state index in [4.69, 9.17) is 9.47 Å². The minimum absolute atomic E-state index is 0.170. The van der Waals surface area contributed by atoms with Gasteiger partial charge in [0.15, 0.2) is 11.5 Å². The van der Waals surface area contributed by atoms with Crippen molar-refractivity contribution in [3.05, 3.63) is 52.8 Å². The molecule has 0 unspecified atom stereocenters. The molecule has 0 N–H and O–H groups in total. The molecule has 2 aliphatic rings. The van der Waals surface area contributed by atoms with Gasteiger partial charge in [-0.25, -0.2) is 0 Å². The first-order valence-electron chi connectivity index (χ1n) is 6.36. The lowest BCUT2D eigenvalue weighted by atomic mass is 9.86. The van der Waals surface area contributed by atoms with Crippen LogP contribution in [0.15, 0.2) is 41.7 Å². The van der Waals surface area contributed by atoms with Crippen LogP contribution in [0, 0.1) is 0 Å². The van der Waals surface area contributed by atoms with Crippen molar-refractivity contribution in [2.75, 3.05) is 7.11 Å². The molecule has 1 aromatic rings. The molecule has 20 heavy (non-hydrogen) atoms. The van der Waals surface area contributed by atoms with Crippen molar-refractivity contribution in [3.8, 4) is 5.75 Å². The molecule has 0 saturated heterocycles. The van der Waals surface area contributed by atoms with Crippen molar-refractivity contribution in [3.63, 3.8) is 0 Å². The van der Waals surface area contributed by atoms with Crippen LogP contribution in [0.2, 0.25) is 0 Å². The van der Waals surface area contributed by atoms with Crippen LogP contribution in [-0.2, 0) is 4.74 Å². The number of rotatable bonds is 2. The molecule has 0 radical (unpaired) electrons. The lowest BCUT2D eigenvalue weighted by molar-refractivity contribution is 0.0875. The predicted octanol–water partition coefficient (Wildman–Crippen LogP) is 2.69. The Labute approximate surface area is 116 Å². The summed E-state index contributed by atoms with van der Waals surface area (Å²) >= 11 is 0. The Morgan fingerprint density at radius 3 is 2.75 bits per heavy atom. The van der Waals surface area contributed by atoms with Crippen LogP contribution in [-0.4, -0.2) is 24.8 Å². The van der Waals surface area contributed by atoms with E-state index in [-0.39, 0.29) is 23.4 Å². The molecule has 0 spiro atoms. The Bertz CT molecular complexity index is 682. The summed E-state index contributed by atoms with van der Waals surface area (Å²) in [6, 6.07) is 5.00. The quantitative estimate of drug-likeness (QED) is 0.775. The molecule has 0 aromatic heterocycles. The summed E-state index contributed by atoms with van der Waals surface area (Å²) in [5.74, 6) is 0.156. The summed E-state index contributed by atoms with van der Waals surface area (Å²) in [6.45, 7) is 5.65. The minimum atomic E-state index is -0.298. The topological polar surface area (TPSA) is 52.6 Å². The molecule has 0 amide bonds. The minimum Gasteiger partial charge on any atom is -0.496 e. The monoisotopic (exact) mass is 270 g/mol. The van der Waals surface area contributed by atoms with Crippen molar-refractivity contribution >= 4 is 11.6 Å². The summed E-state index contributed by atoms with van der Waals surface area (Å²) in [4.78, 5) is 25.1. The number of methoxy groups -OCH3 is 1. The average molecular weight is 270 g/mol. The smallest absolute Gasteiger partial charge is 0.228 e. The second kappa shape index (κ2) is 4.34. The number of fused-ring (bicyclic) bond motifs is 1. The molecule has 1 aliphatic heterocycles. The van der Waals surface area contributed by atoms with E-state index < -0.39 is 0 Å². The van der Waals surface area contributed by atoms with Gasteiger partial charge in [-0.3, -0.25) is 9.59 Å². The van der Waals surface area contributed by atoms with E-state index in [0.717, 1.165) is 5.57 Å². The third-order valence-electron chi connectivity index (χ3n) is 3.67. The molecular formula is C16H14O4. The van der Waals surface area contributed by atoms with Gasteiger partial charge in [-0.2, -0.15) is 0 Å². The van der Waals surface area contributed by atoms with Crippen LogP contribution in [0.3, 0.4) is 0 Å². The number of hydrogen-bond donors (Lipinski definition) is 0. The van der Waals surface area contributed by atoms with Gasteiger partial charge in [-0.15, -0.1) is 0 Å². The lowest BCUT2D eigenvalue weighted by Gasteiger charge is -2.17. The highest BCUT2D eigenvalue weighted by Gasteiger charge is 2.41. The standard InChI is InChI=1S/C16H14O4/c1-8(2)12-7-10-14(17)13-9(15(18)16(10)20-12)5-4-6-11(13)19-3/h4-6,12H,1,7H2,2-3H3/t12-/m1/s1. The number of ketones is 2. The van der Waals surface area contributed by atoms with Crippen molar-refractivity contribution in [2.45, 2.75) is 19.4 Å². The van der Waals surface area contributed by atoms with Gasteiger partial charge in [0.2, 0.25) is 5.78 Å². The third kappa shape index (κ3) is 1.61. The van der Waals surface area contributed by atoms with Gasteiger partial charge in [0, 0.05) is 12.0 Å². The summed E-state index contributed by atoms with van der Waals surface area (Å²) < 4.78 is 10.8. The maximum absolute atomic E-state index is 12.6. The molecule has 4 heteroatoms. The third-order valence-corrected chi connectivity index (χ3v) is 3.67. The maximum atomic E-state index is 12.6. The van der Waals surface area contributed by atoms with Crippen LogP contribution >= 0.6 is 0 Å². The summed E-state index contributed by atoms with van der Waals surface area (Å²) in [5, 5.41) is 0. The summed E-state index contributed by atoms with van der Waals surface area (Å²) in [7, 11) is 1.49. The fourth-order valence-corrected chi connectivity index (χ4v) is 2.59. The van der Waals surface area contributed by atoms with Crippen LogP contribution in [0.5, 0.6) is 5.75 Å². The van der Waals surface area contributed by atoms with E-state index in [0.29, 0.717) is 28.9 Å².